The normalized spacial score (nSPS) is 14.3. The highest BCUT2D eigenvalue weighted by Gasteiger charge is 2.08. The van der Waals surface area contributed by atoms with Crippen LogP contribution in [0, 0.1) is 5.82 Å². The van der Waals surface area contributed by atoms with Gasteiger partial charge in [-0.1, -0.05) is 13.0 Å². The topological polar surface area (TPSA) is 44.5 Å². The smallest absolute Gasteiger partial charge is 0.165 e. The molecule has 0 radical (unpaired) electrons. The van der Waals surface area contributed by atoms with Crippen LogP contribution < -0.4 is 10.5 Å². The van der Waals surface area contributed by atoms with Crippen molar-refractivity contribution in [3.05, 3.63) is 29.6 Å². The molecule has 0 fully saturated rings. The second-order valence-corrected chi connectivity index (χ2v) is 4.49. The maximum absolute atomic E-state index is 13.8. The summed E-state index contributed by atoms with van der Waals surface area (Å²) in [5, 5.41) is 0. The van der Waals surface area contributed by atoms with E-state index in [1.165, 1.54) is 6.07 Å². The third-order valence-corrected chi connectivity index (χ3v) is 2.89. The minimum atomic E-state index is -0.348. The lowest BCUT2D eigenvalue weighted by Gasteiger charge is -2.13. The van der Waals surface area contributed by atoms with Crippen LogP contribution in [0.1, 0.15) is 25.8 Å². The molecule has 0 amide bonds. The maximum Gasteiger partial charge on any atom is 0.165 e. The molecule has 0 heterocycles. The average molecular weight is 255 g/mol. The van der Waals surface area contributed by atoms with Crippen LogP contribution in [0.3, 0.4) is 0 Å². The summed E-state index contributed by atoms with van der Waals surface area (Å²) in [5.74, 6) is -0.0909. The fraction of sp³-hybridized carbons (Fsp3) is 0.571. The number of hydrogen-bond donors (Lipinski definition) is 1. The van der Waals surface area contributed by atoms with E-state index < -0.39 is 0 Å². The quantitative estimate of drug-likeness (QED) is 0.814. The van der Waals surface area contributed by atoms with Crippen molar-refractivity contribution in [2.24, 2.45) is 5.73 Å². The van der Waals surface area contributed by atoms with E-state index in [0.717, 1.165) is 12.0 Å². The van der Waals surface area contributed by atoms with Gasteiger partial charge in [0.1, 0.15) is 6.61 Å². The SMILES string of the molecule is CCC(N)Cc1ccc(OCC(C)OC)c(F)c1. The molecule has 0 aromatic heterocycles. The van der Waals surface area contributed by atoms with E-state index in [4.69, 9.17) is 15.2 Å². The van der Waals surface area contributed by atoms with E-state index in [1.54, 1.807) is 13.2 Å². The van der Waals surface area contributed by atoms with Crippen molar-refractivity contribution in [2.45, 2.75) is 38.8 Å². The second-order valence-electron chi connectivity index (χ2n) is 4.49. The van der Waals surface area contributed by atoms with Crippen molar-refractivity contribution >= 4 is 0 Å². The number of benzene rings is 1. The van der Waals surface area contributed by atoms with Gasteiger partial charge < -0.3 is 15.2 Å². The van der Waals surface area contributed by atoms with E-state index in [-0.39, 0.29) is 23.7 Å². The Labute approximate surface area is 108 Å². The zero-order valence-corrected chi connectivity index (χ0v) is 11.3. The van der Waals surface area contributed by atoms with E-state index >= 15 is 0 Å². The van der Waals surface area contributed by atoms with Gasteiger partial charge in [0, 0.05) is 13.2 Å². The summed E-state index contributed by atoms with van der Waals surface area (Å²) in [4.78, 5) is 0. The minimum absolute atomic E-state index is 0.0578. The van der Waals surface area contributed by atoms with Crippen LogP contribution in [0.25, 0.3) is 0 Å². The van der Waals surface area contributed by atoms with Gasteiger partial charge in [0.25, 0.3) is 0 Å². The standard InChI is InChI=1S/C14H22FNO2/c1-4-12(16)7-11-5-6-14(13(15)8-11)18-9-10(2)17-3/h5-6,8,10,12H,4,7,9,16H2,1-3H3. The van der Waals surface area contributed by atoms with Gasteiger partial charge in [-0.2, -0.15) is 0 Å². The molecule has 1 aromatic rings. The Morgan fingerprint density at radius 2 is 2.11 bits per heavy atom. The first-order chi connectivity index (χ1) is 8.56. The fourth-order valence-electron chi connectivity index (χ4n) is 1.51. The summed E-state index contributed by atoms with van der Waals surface area (Å²) < 4.78 is 24.1. The summed E-state index contributed by atoms with van der Waals surface area (Å²) in [5.41, 5.74) is 6.74. The first-order valence-electron chi connectivity index (χ1n) is 6.26. The molecule has 2 N–H and O–H groups in total. The summed E-state index contributed by atoms with van der Waals surface area (Å²) in [6, 6.07) is 5.06. The molecule has 0 saturated carbocycles. The predicted molar refractivity (Wildman–Crippen MR) is 70.3 cm³/mol. The third kappa shape index (κ3) is 4.63. The zero-order valence-electron chi connectivity index (χ0n) is 11.3. The van der Waals surface area contributed by atoms with Crippen LogP contribution in [0.5, 0.6) is 5.75 Å². The van der Waals surface area contributed by atoms with E-state index in [1.807, 2.05) is 19.9 Å². The van der Waals surface area contributed by atoms with E-state index in [9.17, 15) is 4.39 Å². The van der Waals surface area contributed by atoms with Gasteiger partial charge in [-0.25, -0.2) is 4.39 Å². The number of hydrogen-bond acceptors (Lipinski definition) is 3. The number of nitrogens with two attached hydrogens (primary N) is 1. The molecule has 3 nitrogen and oxygen atoms in total. The summed E-state index contributed by atoms with van der Waals surface area (Å²) in [7, 11) is 1.60. The van der Waals surface area contributed by atoms with Crippen molar-refractivity contribution in [1.29, 1.82) is 0 Å². The Balaban J connectivity index is 2.62. The highest BCUT2D eigenvalue weighted by molar-refractivity contribution is 5.29. The molecule has 1 rings (SSSR count). The molecule has 4 heteroatoms. The van der Waals surface area contributed by atoms with Gasteiger partial charge in [-0.3, -0.25) is 0 Å². The van der Waals surface area contributed by atoms with Crippen molar-refractivity contribution in [2.75, 3.05) is 13.7 Å². The van der Waals surface area contributed by atoms with Crippen LogP contribution in [-0.2, 0) is 11.2 Å². The third-order valence-electron chi connectivity index (χ3n) is 2.89. The second kappa shape index (κ2) is 7.34. The molecule has 18 heavy (non-hydrogen) atoms. The largest absolute Gasteiger partial charge is 0.488 e. The first kappa shape index (κ1) is 14.9. The Bertz CT molecular complexity index is 371. The van der Waals surface area contributed by atoms with Crippen molar-refractivity contribution in [3.8, 4) is 5.75 Å². The van der Waals surface area contributed by atoms with Crippen LogP contribution in [0.4, 0.5) is 4.39 Å². The number of halogens is 1. The van der Waals surface area contributed by atoms with Gasteiger partial charge in [-0.15, -0.1) is 0 Å². The minimum Gasteiger partial charge on any atom is -0.488 e. The average Bonchev–Trinajstić information content (AvgIpc) is 2.37. The Kier molecular flexibility index (Phi) is 6.09. The van der Waals surface area contributed by atoms with E-state index in [2.05, 4.69) is 0 Å². The monoisotopic (exact) mass is 255 g/mol. The molecular formula is C14H22FNO2. The fourth-order valence-corrected chi connectivity index (χ4v) is 1.51. The Morgan fingerprint density at radius 1 is 1.39 bits per heavy atom. The van der Waals surface area contributed by atoms with Crippen LogP contribution >= 0.6 is 0 Å². The predicted octanol–water partition coefficient (Wildman–Crippen LogP) is 2.52. The summed E-state index contributed by atoms with van der Waals surface area (Å²) in [6.45, 7) is 4.22. The zero-order chi connectivity index (χ0) is 13.5. The maximum atomic E-state index is 13.8. The van der Waals surface area contributed by atoms with Gasteiger partial charge in [0.15, 0.2) is 11.6 Å². The van der Waals surface area contributed by atoms with Gasteiger partial charge >= 0.3 is 0 Å². The Hall–Kier alpha value is -1.13. The number of ether oxygens (including phenoxy) is 2. The lowest BCUT2D eigenvalue weighted by Crippen LogP contribution is -2.21. The van der Waals surface area contributed by atoms with Crippen LogP contribution in [-0.4, -0.2) is 25.9 Å². The Morgan fingerprint density at radius 3 is 2.67 bits per heavy atom. The number of rotatable bonds is 7. The highest BCUT2D eigenvalue weighted by atomic mass is 19.1. The van der Waals surface area contributed by atoms with Crippen molar-refractivity contribution in [1.82, 2.24) is 0 Å². The van der Waals surface area contributed by atoms with Gasteiger partial charge in [-0.05, 0) is 37.5 Å². The molecule has 2 atom stereocenters. The van der Waals surface area contributed by atoms with Crippen LogP contribution in [0.15, 0.2) is 18.2 Å². The molecule has 102 valence electrons. The molecule has 0 saturated heterocycles. The van der Waals surface area contributed by atoms with Crippen molar-refractivity contribution in [3.63, 3.8) is 0 Å². The lowest BCUT2D eigenvalue weighted by molar-refractivity contribution is 0.0702. The van der Waals surface area contributed by atoms with E-state index in [0.29, 0.717) is 13.0 Å². The molecule has 0 aliphatic rings. The molecular weight excluding hydrogens is 233 g/mol. The molecule has 0 aliphatic carbocycles. The molecule has 0 spiro atoms. The van der Waals surface area contributed by atoms with Crippen LogP contribution in [0.2, 0.25) is 0 Å². The van der Waals surface area contributed by atoms with Gasteiger partial charge in [0.2, 0.25) is 0 Å². The molecule has 0 bridgehead atoms. The van der Waals surface area contributed by atoms with Gasteiger partial charge in [0.05, 0.1) is 6.10 Å². The molecule has 1 aromatic carbocycles. The molecule has 0 aliphatic heterocycles. The highest BCUT2D eigenvalue weighted by Crippen LogP contribution is 2.19. The molecule has 2 unspecified atom stereocenters. The first-order valence-corrected chi connectivity index (χ1v) is 6.26. The number of methoxy groups -OCH3 is 1. The van der Waals surface area contributed by atoms with Crippen molar-refractivity contribution < 1.29 is 13.9 Å². The lowest BCUT2D eigenvalue weighted by atomic mass is 10.0. The summed E-state index contributed by atoms with van der Waals surface area (Å²) in [6.07, 6.45) is 1.51. The summed E-state index contributed by atoms with van der Waals surface area (Å²) >= 11 is 0.